The van der Waals surface area contributed by atoms with E-state index in [-0.39, 0.29) is 0 Å². The van der Waals surface area contributed by atoms with Crippen molar-refractivity contribution in [3.8, 4) is 0 Å². The van der Waals surface area contributed by atoms with Gasteiger partial charge in [0, 0.05) is 18.7 Å². The Hall–Kier alpha value is -0.540. The molecule has 0 radical (unpaired) electrons. The van der Waals surface area contributed by atoms with E-state index in [1.165, 1.54) is 0 Å². The molecule has 4 heteroatoms. The second-order valence-electron chi connectivity index (χ2n) is 3.58. The average molecular weight is 216 g/mol. The molecule has 1 heterocycles. The Morgan fingerprint density at radius 1 is 1.57 bits per heavy atom. The summed E-state index contributed by atoms with van der Waals surface area (Å²) in [7, 11) is 3.85. The number of likely N-dealkylation sites (N-methyl/N-ethyl adjacent to an activating group) is 1. The third-order valence-electron chi connectivity index (χ3n) is 2.62. The Bertz CT molecular complexity index is 303. The topological polar surface area (TPSA) is 29.9 Å². The minimum absolute atomic E-state index is 0.482. The summed E-state index contributed by atoms with van der Waals surface area (Å²) in [6.07, 6.45) is 2.05. The van der Waals surface area contributed by atoms with Gasteiger partial charge in [-0.15, -0.1) is 0 Å². The first-order valence-electron chi connectivity index (χ1n) is 4.95. The van der Waals surface area contributed by atoms with E-state index in [1.54, 1.807) is 4.68 Å². The molecule has 0 bridgehead atoms. The third-order valence-corrected chi connectivity index (χ3v) is 3.09. The lowest BCUT2D eigenvalue weighted by atomic mass is 10.1. The number of nitrogens with zero attached hydrogens (tertiary/aromatic N) is 2. The van der Waals surface area contributed by atoms with Crippen LogP contribution >= 0.6 is 11.6 Å². The van der Waals surface area contributed by atoms with E-state index in [4.69, 9.17) is 11.6 Å². The van der Waals surface area contributed by atoms with Crippen LogP contribution in [0.2, 0.25) is 5.15 Å². The van der Waals surface area contributed by atoms with Crippen molar-refractivity contribution in [2.45, 2.75) is 32.7 Å². The highest BCUT2D eigenvalue weighted by molar-refractivity contribution is 6.30. The molecule has 14 heavy (non-hydrogen) atoms. The quantitative estimate of drug-likeness (QED) is 0.832. The summed E-state index contributed by atoms with van der Waals surface area (Å²) in [4.78, 5) is 0. The van der Waals surface area contributed by atoms with Gasteiger partial charge in [0.15, 0.2) is 0 Å². The number of aryl methyl sites for hydroxylation is 2. The highest BCUT2D eigenvalue weighted by Gasteiger charge is 2.14. The fraction of sp³-hybridized carbons (Fsp3) is 0.700. The predicted octanol–water partition coefficient (Wildman–Crippen LogP) is 1.92. The second kappa shape index (κ2) is 4.80. The van der Waals surface area contributed by atoms with Gasteiger partial charge in [-0.05, 0) is 26.8 Å². The molecule has 80 valence electrons. The van der Waals surface area contributed by atoms with Crippen LogP contribution < -0.4 is 5.32 Å². The molecule has 1 aromatic heterocycles. The maximum absolute atomic E-state index is 6.14. The molecule has 0 amide bonds. The van der Waals surface area contributed by atoms with Crippen molar-refractivity contribution in [2.75, 3.05) is 7.05 Å². The van der Waals surface area contributed by atoms with Gasteiger partial charge in [-0.2, -0.15) is 5.10 Å². The number of hydrogen-bond acceptors (Lipinski definition) is 2. The molecule has 0 saturated carbocycles. The van der Waals surface area contributed by atoms with Crippen LogP contribution in [0.15, 0.2) is 0 Å². The van der Waals surface area contributed by atoms with Crippen molar-refractivity contribution < 1.29 is 0 Å². The summed E-state index contributed by atoms with van der Waals surface area (Å²) in [5.74, 6) is 0. The number of halogens is 1. The lowest BCUT2D eigenvalue weighted by molar-refractivity contribution is 0.542. The number of nitrogens with one attached hydrogen (secondary N) is 1. The van der Waals surface area contributed by atoms with E-state index in [1.807, 2.05) is 21.0 Å². The summed E-state index contributed by atoms with van der Waals surface area (Å²) in [5.41, 5.74) is 2.20. The van der Waals surface area contributed by atoms with Crippen molar-refractivity contribution in [3.63, 3.8) is 0 Å². The van der Waals surface area contributed by atoms with Crippen LogP contribution in [0.3, 0.4) is 0 Å². The molecular weight excluding hydrogens is 198 g/mol. The Morgan fingerprint density at radius 2 is 2.21 bits per heavy atom. The van der Waals surface area contributed by atoms with Crippen LogP contribution in [-0.2, 0) is 13.5 Å². The largest absolute Gasteiger partial charge is 0.317 e. The normalized spacial score (nSPS) is 13.2. The fourth-order valence-electron chi connectivity index (χ4n) is 1.60. The standard InChI is InChI=1S/C10H18ClN3/c1-5-8(12-3)6-9-7(2)13-14(4)10(9)11/h8,12H,5-6H2,1-4H3. The first-order valence-corrected chi connectivity index (χ1v) is 5.33. The van der Waals surface area contributed by atoms with Gasteiger partial charge in [0.1, 0.15) is 5.15 Å². The summed E-state index contributed by atoms with van der Waals surface area (Å²) >= 11 is 6.14. The van der Waals surface area contributed by atoms with Gasteiger partial charge >= 0.3 is 0 Å². The van der Waals surface area contributed by atoms with E-state index in [0.717, 1.165) is 29.3 Å². The summed E-state index contributed by atoms with van der Waals surface area (Å²) in [5, 5.41) is 8.32. The molecule has 0 fully saturated rings. The molecule has 0 aliphatic rings. The molecule has 0 aliphatic carbocycles. The third kappa shape index (κ3) is 2.28. The van der Waals surface area contributed by atoms with Crippen molar-refractivity contribution in [2.24, 2.45) is 7.05 Å². The molecule has 0 aromatic carbocycles. The maximum atomic E-state index is 6.14. The SMILES string of the molecule is CCC(Cc1c(C)nn(C)c1Cl)NC. The van der Waals surface area contributed by atoms with Gasteiger partial charge in [-0.3, -0.25) is 4.68 Å². The number of rotatable bonds is 4. The van der Waals surface area contributed by atoms with Crippen LogP contribution in [0, 0.1) is 6.92 Å². The number of hydrogen-bond donors (Lipinski definition) is 1. The fourth-order valence-corrected chi connectivity index (χ4v) is 1.85. The van der Waals surface area contributed by atoms with E-state index in [9.17, 15) is 0 Å². The Morgan fingerprint density at radius 3 is 2.57 bits per heavy atom. The average Bonchev–Trinajstić information content (AvgIpc) is 2.40. The van der Waals surface area contributed by atoms with Crippen LogP contribution in [0.5, 0.6) is 0 Å². The van der Waals surface area contributed by atoms with Crippen molar-refractivity contribution >= 4 is 11.6 Å². The lowest BCUT2D eigenvalue weighted by Crippen LogP contribution is -2.26. The van der Waals surface area contributed by atoms with Gasteiger partial charge < -0.3 is 5.32 Å². The number of aromatic nitrogens is 2. The Labute approximate surface area is 90.4 Å². The summed E-state index contributed by atoms with van der Waals surface area (Å²) in [6.45, 7) is 4.17. The zero-order valence-electron chi connectivity index (χ0n) is 9.26. The van der Waals surface area contributed by atoms with E-state index in [2.05, 4.69) is 17.3 Å². The highest BCUT2D eigenvalue weighted by atomic mass is 35.5. The van der Waals surface area contributed by atoms with Crippen molar-refractivity contribution in [1.82, 2.24) is 15.1 Å². The second-order valence-corrected chi connectivity index (χ2v) is 3.93. The highest BCUT2D eigenvalue weighted by Crippen LogP contribution is 2.20. The summed E-state index contributed by atoms with van der Waals surface area (Å²) < 4.78 is 1.73. The molecule has 3 nitrogen and oxygen atoms in total. The zero-order valence-corrected chi connectivity index (χ0v) is 10.0. The molecule has 1 aromatic rings. The van der Waals surface area contributed by atoms with E-state index in [0.29, 0.717) is 6.04 Å². The molecular formula is C10H18ClN3. The Balaban J connectivity index is 2.84. The van der Waals surface area contributed by atoms with Crippen LogP contribution in [0.4, 0.5) is 0 Å². The van der Waals surface area contributed by atoms with Gasteiger partial charge in [-0.1, -0.05) is 18.5 Å². The van der Waals surface area contributed by atoms with Gasteiger partial charge in [-0.25, -0.2) is 0 Å². The van der Waals surface area contributed by atoms with Gasteiger partial charge in [0.25, 0.3) is 0 Å². The smallest absolute Gasteiger partial charge is 0.130 e. The zero-order chi connectivity index (χ0) is 10.7. The molecule has 1 unspecified atom stereocenters. The predicted molar refractivity (Wildman–Crippen MR) is 59.8 cm³/mol. The van der Waals surface area contributed by atoms with E-state index >= 15 is 0 Å². The minimum atomic E-state index is 0.482. The minimum Gasteiger partial charge on any atom is -0.317 e. The van der Waals surface area contributed by atoms with Gasteiger partial charge in [0.05, 0.1) is 5.69 Å². The molecule has 0 spiro atoms. The maximum Gasteiger partial charge on any atom is 0.130 e. The molecule has 1 N–H and O–H groups in total. The first kappa shape index (κ1) is 11.5. The van der Waals surface area contributed by atoms with Crippen LogP contribution in [0.25, 0.3) is 0 Å². The lowest BCUT2D eigenvalue weighted by Gasteiger charge is -2.13. The monoisotopic (exact) mass is 215 g/mol. The Kier molecular flexibility index (Phi) is 3.96. The molecule has 1 atom stereocenters. The first-order chi connectivity index (χ1) is 6.60. The van der Waals surface area contributed by atoms with Gasteiger partial charge in [0.2, 0.25) is 0 Å². The van der Waals surface area contributed by atoms with E-state index < -0.39 is 0 Å². The summed E-state index contributed by atoms with van der Waals surface area (Å²) in [6, 6.07) is 0.482. The van der Waals surface area contributed by atoms with Crippen LogP contribution in [0.1, 0.15) is 24.6 Å². The molecule has 0 saturated heterocycles. The van der Waals surface area contributed by atoms with Crippen molar-refractivity contribution in [1.29, 1.82) is 0 Å². The molecule has 1 rings (SSSR count). The van der Waals surface area contributed by atoms with Crippen molar-refractivity contribution in [3.05, 3.63) is 16.4 Å². The van der Waals surface area contributed by atoms with Crippen LogP contribution in [-0.4, -0.2) is 22.9 Å². The molecule has 0 aliphatic heterocycles.